The highest BCUT2D eigenvalue weighted by atomic mass is 35.5. The van der Waals surface area contributed by atoms with Crippen LogP contribution in [0.1, 0.15) is 25.5 Å². The van der Waals surface area contributed by atoms with Gasteiger partial charge in [0.05, 0.1) is 11.6 Å². The number of aromatic nitrogens is 2. The number of unbranched alkanes of at least 4 members (excludes halogenated alkanes) is 1. The van der Waals surface area contributed by atoms with Crippen LogP contribution < -0.4 is 5.32 Å². The minimum atomic E-state index is 0.561. The summed E-state index contributed by atoms with van der Waals surface area (Å²) in [6, 6.07) is 17.5. The van der Waals surface area contributed by atoms with E-state index < -0.39 is 0 Å². The van der Waals surface area contributed by atoms with Gasteiger partial charge in [-0.15, -0.1) is 0 Å². The average molecular weight is 440 g/mol. The zero-order valence-electron chi connectivity index (χ0n) is 16.7. The van der Waals surface area contributed by atoms with E-state index in [1.165, 1.54) is 0 Å². The molecule has 0 amide bonds. The number of hydrogen-bond donors (Lipinski definition) is 1. The molecule has 0 radical (unpaired) electrons. The Balaban J connectivity index is 1.47. The standard InChI is InChI=1S/C24H23Cl2N3O/c1-2-3-12-29-13-11-27-24(29)17-5-4-6-19(14-17)28-16-20-8-10-23(30-20)21-15-18(25)7-9-22(21)26/h4-11,13-15,28H,2-3,12,16H2,1H3. The molecule has 4 nitrogen and oxygen atoms in total. The van der Waals surface area contributed by atoms with E-state index in [0.29, 0.717) is 22.4 Å². The number of halogens is 2. The molecule has 2 heterocycles. The van der Waals surface area contributed by atoms with E-state index in [4.69, 9.17) is 27.6 Å². The molecule has 4 rings (SSSR count). The van der Waals surface area contributed by atoms with Gasteiger partial charge in [-0.25, -0.2) is 4.98 Å². The van der Waals surface area contributed by atoms with Crippen LogP contribution in [0.25, 0.3) is 22.7 Å². The summed E-state index contributed by atoms with van der Waals surface area (Å²) in [6.45, 7) is 3.73. The molecule has 0 aliphatic heterocycles. The molecule has 1 N–H and O–H groups in total. The maximum atomic E-state index is 6.28. The lowest BCUT2D eigenvalue weighted by atomic mass is 10.2. The van der Waals surface area contributed by atoms with Crippen LogP contribution >= 0.6 is 23.2 Å². The first-order chi connectivity index (χ1) is 14.6. The topological polar surface area (TPSA) is 43.0 Å². The molecule has 0 spiro atoms. The second-order valence-electron chi connectivity index (χ2n) is 7.12. The number of hydrogen-bond acceptors (Lipinski definition) is 3. The summed E-state index contributed by atoms with van der Waals surface area (Å²) in [5, 5.41) is 4.66. The van der Waals surface area contributed by atoms with Crippen LogP contribution in [-0.2, 0) is 13.1 Å². The van der Waals surface area contributed by atoms with Crippen molar-refractivity contribution in [3.63, 3.8) is 0 Å². The Bertz CT molecular complexity index is 1130. The van der Waals surface area contributed by atoms with E-state index in [1.807, 2.05) is 42.7 Å². The van der Waals surface area contributed by atoms with Crippen LogP contribution in [-0.4, -0.2) is 9.55 Å². The number of nitrogens with one attached hydrogen (secondary N) is 1. The highest BCUT2D eigenvalue weighted by Gasteiger charge is 2.10. The van der Waals surface area contributed by atoms with Gasteiger partial charge in [-0.05, 0) is 48.9 Å². The predicted octanol–water partition coefficient (Wildman–Crippen LogP) is 7.53. The van der Waals surface area contributed by atoms with Crippen LogP contribution in [0.3, 0.4) is 0 Å². The predicted molar refractivity (Wildman–Crippen MR) is 124 cm³/mol. The van der Waals surface area contributed by atoms with Crippen molar-refractivity contribution in [3.8, 4) is 22.7 Å². The second-order valence-corrected chi connectivity index (χ2v) is 7.97. The van der Waals surface area contributed by atoms with Crippen molar-refractivity contribution < 1.29 is 4.42 Å². The summed E-state index contributed by atoms with van der Waals surface area (Å²) in [4.78, 5) is 4.54. The molecule has 0 saturated carbocycles. The fraction of sp³-hybridized carbons (Fsp3) is 0.208. The lowest BCUT2D eigenvalue weighted by molar-refractivity contribution is 0.531. The third-order valence-electron chi connectivity index (χ3n) is 4.91. The van der Waals surface area contributed by atoms with E-state index >= 15 is 0 Å². The Morgan fingerprint density at radius 1 is 1.07 bits per heavy atom. The van der Waals surface area contributed by atoms with Gasteiger partial charge in [0.25, 0.3) is 0 Å². The van der Waals surface area contributed by atoms with Crippen LogP contribution in [0.4, 0.5) is 5.69 Å². The van der Waals surface area contributed by atoms with Gasteiger partial charge < -0.3 is 14.3 Å². The molecule has 0 fully saturated rings. The van der Waals surface area contributed by atoms with Crippen molar-refractivity contribution in [3.05, 3.63) is 82.8 Å². The van der Waals surface area contributed by atoms with E-state index in [-0.39, 0.29) is 0 Å². The van der Waals surface area contributed by atoms with Gasteiger partial charge in [-0.1, -0.05) is 48.7 Å². The van der Waals surface area contributed by atoms with E-state index in [9.17, 15) is 0 Å². The van der Waals surface area contributed by atoms with Gasteiger partial charge in [0.1, 0.15) is 17.3 Å². The summed E-state index contributed by atoms with van der Waals surface area (Å²) < 4.78 is 8.18. The summed E-state index contributed by atoms with van der Waals surface area (Å²) in [6.07, 6.45) is 6.19. The second kappa shape index (κ2) is 9.41. The normalized spacial score (nSPS) is 11.0. The molecule has 2 aromatic heterocycles. The van der Waals surface area contributed by atoms with Crippen molar-refractivity contribution in [2.45, 2.75) is 32.9 Å². The number of aryl methyl sites for hydroxylation is 1. The molecular formula is C24H23Cl2N3O. The third kappa shape index (κ3) is 4.72. The van der Waals surface area contributed by atoms with Gasteiger partial charge in [-0.3, -0.25) is 0 Å². The largest absolute Gasteiger partial charge is 0.459 e. The molecule has 0 atom stereocenters. The number of imidazole rings is 1. The van der Waals surface area contributed by atoms with Gasteiger partial charge in [0.15, 0.2) is 0 Å². The molecule has 0 bridgehead atoms. The highest BCUT2D eigenvalue weighted by molar-refractivity contribution is 6.35. The number of rotatable bonds is 8. The molecule has 0 aliphatic rings. The third-order valence-corrected chi connectivity index (χ3v) is 5.48. The maximum Gasteiger partial charge on any atom is 0.139 e. The lowest BCUT2D eigenvalue weighted by Crippen LogP contribution is -2.01. The lowest BCUT2D eigenvalue weighted by Gasteiger charge is -2.10. The summed E-state index contributed by atoms with van der Waals surface area (Å²) in [5.41, 5.74) is 2.89. The minimum absolute atomic E-state index is 0.561. The Morgan fingerprint density at radius 3 is 2.83 bits per heavy atom. The van der Waals surface area contributed by atoms with Crippen molar-refractivity contribution in [2.24, 2.45) is 0 Å². The molecule has 0 aliphatic carbocycles. The van der Waals surface area contributed by atoms with Gasteiger partial charge in [0.2, 0.25) is 0 Å². The van der Waals surface area contributed by atoms with Crippen LogP contribution in [0.5, 0.6) is 0 Å². The minimum Gasteiger partial charge on any atom is -0.459 e. The van der Waals surface area contributed by atoms with Crippen molar-refractivity contribution in [1.29, 1.82) is 0 Å². The van der Waals surface area contributed by atoms with Gasteiger partial charge in [-0.2, -0.15) is 0 Å². The molecule has 154 valence electrons. The quantitative estimate of drug-likeness (QED) is 0.308. The molecule has 30 heavy (non-hydrogen) atoms. The summed E-state index contributed by atoms with van der Waals surface area (Å²) >= 11 is 12.4. The molecular weight excluding hydrogens is 417 g/mol. The SMILES string of the molecule is CCCCn1ccnc1-c1cccc(NCc2ccc(-c3cc(Cl)ccc3Cl)o2)c1. The smallest absolute Gasteiger partial charge is 0.139 e. The molecule has 0 saturated heterocycles. The van der Waals surface area contributed by atoms with E-state index in [1.54, 1.807) is 12.1 Å². The van der Waals surface area contributed by atoms with Crippen LogP contribution in [0.15, 0.2) is 71.4 Å². The molecule has 4 aromatic rings. The van der Waals surface area contributed by atoms with Crippen molar-refractivity contribution in [2.75, 3.05) is 5.32 Å². The highest BCUT2D eigenvalue weighted by Crippen LogP contribution is 2.32. The monoisotopic (exact) mass is 439 g/mol. The number of anilines is 1. The fourth-order valence-corrected chi connectivity index (χ4v) is 3.72. The van der Waals surface area contributed by atoms with Crippen molar-refractivity contribution in [1.82, 2.24) is 9.55 Å². The molecule has 0 unspecified atom stereocenters. The number of benzene rings is 2. The zero-order valence-corrected chi connectivity index (χ0v) is 18.2. The first-order valence-corrected chi connectivity index (χ1v) is 10.8. The summed E-state index contributed by atoms with van der Waals surface area (Å²) in [7, 11) is 0. The Morgan fingerprint density at radius 2 is 1.97 bits per heavy atom. The van der Waals surface area contributed by atoms with Crippen LogP contribution in [0.2, 0.25) is 10.0 Å². The Kier molecular flexibility index (Phi) is 6.46. The van der Waals surface area contributed by atoms with Gasteiger partial charge >= 0.3 is 0 Å². The molecule has 6 heteroatoms. The van der Waals surface area contributed by atoms with Gasteiger partial charge in [0, 0.05) is 40.8 Å². The Labute approximate surface area is 186 Å². The number of nitrogens with zero attached hydrogens (tertiary/aromatic N) is 2. The average Bonchev–Trinajstić information content (AvgIpc) is 3.42. The summed E-state index contributed by atoms with van der Waals surface area (Å²) in [5.74, 6) is 2.50. The van der Waals surface area contributed by atoms with E-state index in [2.05, 4.69) is 33.9 Å². The molecule has 2 aromatic carbocycles. The first kappa shape index (κ1) is 20.6. The Hall–Kier alpha value is -2.69. The zero-order chi connectivity index (χ0) is 20.9. The van der Waals surface area contributed by atoms with Crippen molar-refractivity contribution >= 4 is 28.9 Å². The maximum absolute atomic E-state index is 6.28. The fourth-order valence-electron chi connectivity index (χ4n) is 3.34. The van der Waals surface area contributed by atoms with E-state index in [0.717, 1.165) is 47.8 Å². The number of furan rings is 1. The first-order valence-electron chi connectivity index (χ1n) is 10.0. The van der Waals surface area contributed by atoms with Crippen LogP contribution in [0, 0.1) is 0 Å².